The number of ether oxygens (including phenoxy) is 2. The number of hydrogen-bond acceptors (Lipinski definition) is 3. The van der Waals surface area contributed by atoms with Gasteiger partial charge in [-0.2, -0.15) is 0 Å². The third kappa shape index (κ3) is 5.12. The van der Waals surface area contributed by atoms with Crippen LogP contribution in [0.15, 0.2) is 0 Å². The summed E-state index contributed by atoms with van der Waals surface area (Å²) in [7, 11) is 0. The molecule has 18 heavy (non-hydrogen) atoms. The van der Waals surface area contributed by atoms with Gasteiger partial charge in [0.2, 0.25) is 0 Å². The standard InChI is InChI=1S/C11H18F3NO3/c1-10(2,3)18-9(16)15-6-4-5-8(15)7-17-11(12,13)14/h8H,4-7H2,1-3H3. The van der Waals surface area contributed by atoms with Gasteiger partial charge < -0.3 is 9.64 Å². The Hall–Kier alpha value is -0.980. The van der Waals surface area contributed by atoms with Crippen LogP contribution in [-0.2, 0) is 9.47 Å². The molecule has 106 valence electrons. The number of carbonyl (C=O) groups excluding carboxylic acids is 1. The molecular weight excluding hydrogens is 251 g/mol. The first kappa shape index (κ1) is 15.1. The van der Waals surface area contributed by atoms with Crippen LogP contribution < -0.4 is 0 Å². The van der Waals surface area contributed by atoms with Crippen molar-refractivity contribution < 1.29 is 27.4 Å². The van der Waals surface area contributed by atoms with Crippen LogP contribution in [0.1, 0.15) is 33.6 Å². The second-order valence-corrected chi connectivity index (χ2v) is 5.23. The number of carbonyl (C=O) groups is 1. The fourth-order valence-electron chi connectivity index (χ4n) is 1.76. The van der Waals surface area contributed by atoms with Crippen molar-refractivity contribution in [3.05, 3.63) is 0 Å². The fourth-order valence-corrected chi connectivity index (χ4v) is 1.76. The number of alkyl halides is 3. The lowest BCUT2D eigenvalue weighted by molar-refractivity contribution is -0.327. The molecule has 1 fully saturated rings. The first-order valence-corrected chi connectivity index (χ1v) is 5.79. The topological polar surface area (TPSA) is 38.8 Å². The Balaban J connectivity index is 2.51. The molecule has 1 rings (SSSR count). The molecule has 1 atom stereocenters. The molecule has 1 aliphatic heterocycles. The summed E-state index contributed by atoms with van der Waals surface area (Å²) in [5.74, 6) is 0. The zero-order valence-electron chi connectivity index (χ0n) is 10.7. The lowest BCUT2D eigenvalue weighted by atomic mass is 10.2. The Morgan fingerprint density at radius 2 is 1.94 bits per heavy atom. The van der Waals surface area contributed by atoms with Crippen molar-refractivity contribution in [2.24, 2.45) is 0 Å². The highest BCUT2D eigenvalue weighted by Gasteiger charge is 2.36. The molecule has 4 nitrogen and oxygen atoms in total. The van der Waals surface area contributed by atoms with Gasteiger partial charge in [-0.05, 0) is 33.6 Å². The summed E-state index contributed by atoms with van der Waals surface area (Å²) in [6.07, 6.45) is -4.10. The zero-order chi connectivity index (χ0) is 14.0. The third-order valence-corrected chi connectivity index (χ3v) is 2.44. The SMILES string of the molecule is CC(C)(C)OC(=O)N1CCCC1COC(F)(F)F. The molecule has 0 radical (unpaired) electrons. The molecule has 1 amide bonds. The second kappa shape index (κ2) is 5.34. The van der Waals surface area contributed by atoms with E-state index >= 15 is 0 Å². The Bertz CT molecular complexity index is 299. The maximum absolute atomic E-state index is 12.0. The molecule has 1 saturated heterocycles. The summed E-state index contributed by atoms with van der Waals surface area (Å²) in [4.78, 5) is 13.1. The normalized spacial score (nSPS) is 21.2. The van der Waals surface area contributed by atoms with E-state index in [1.165, 1.54) is 4.90 Å². The zero-order valence-corrected chi connectivity index (χ0v) is 10.7. The Kier molecular flexibility index (Phi) is 4.47. The quantitative estimate of drug-likeness (QED) is 0.773. The monoisotopic (exact) mass is 269 g/mol. The van der Waals surface area contributed by atoms with Crippen LogP contribution in [-0.4, -0.2) is 42.2 Å². The van der Waals surface area contributed by atoms with Crippen LogP contribution in [0.2, 0.25) is 0 Å². The predicted molar refractivity (Wildman–Crippen MR) is 58.0 cm³/mol. The molecule has 1 heterocycles. The summed E-state index contributed by atoms with van der Waals surface area (Å²) >= 11 is 0. The van der Waals surface area contributed by atoms with Gasteiger partial charge >= 0.3 is 12.5 Å². The predicted octanol–water partition coefficient (Wildman–Crippen LogP) is 2.92. The molecule has 0 N–H and O–H groups in total. The molecule has 0 spiro atoms. The minimum atomic E-state index is -4.66. The number of amides is 1. The molecule has 7 heteroatoms. The number of halogens is 3. The summed E-state index contributed by atoms with van der Waals surface area (Å²) in [6, 6.07) is -0.568. The highest BCUT2D eigenvalue weighted by Crippen LogP contribution is 2.24. The van der Waals surface area contributed by atoms with Gasteiger partial charge in [0, 0.05) is 6.54 Å². The molecular formula is C11H18F3NO3. The molecule has 0 bridgehead atoms. The fraction of sp³-hybridized carbons (Fsp3) is 0.909. The van der Waals surface area contributed by atoms with Gasteiger partial charge in [-0.3, -0.25) is 4.74 Å². The average molecular weight is 269 g/mol. The minimum absolute atomic E-state index is 0.404. The molecule has 0 saturated carbocycles. The number of hydrogen-bond donors (Lipinski definition) is 0. The van der Waals surface area contributed by atoms with Gasteiger partial charge in [0.15, 0.2) is 0 Å². The molecule has 1 aliphatic rings. The van der Waals surface area contributed by atoms with E-state index in [2.05, 4.69) is 4.74 Å². The van der Waals surface area contributed by atoms with Crippen LogP contribution in [0.4, 0.5) is 18.0 Å². The van der Waals surface area contributed by atoms with Gasteiger partial charge in [-0.15, -0.1) is 13.2 Å². The van der Waals surface area contributed by atoms with E-state index in [1.54, 1.807) is 20.8 Å². The number of likely N-dealkylation sites (tertiary alicyclic amines) is 1. The van der Waals surface area contributed by atoms with E-state index in [0.29, 0.717) is 19.4 Å². The molecule has 0 aromatic heterocycles. The van der Waals surface area contributed by atoms with E-state index in [1.807, 2.05) is 0 Å². The van der Waals surface area contributed by atoms with Crippen LogP contribution in [0.25, 0.3) is 0 Å². The van der Waals surface area contributed by atoms with Crippen LogP contribution >= 0.6 is 0 Å². The molecule has 0 aromatic carbocycles. The van der Waals surface area contributed by atoms with Gasteiger partial charge in [-0.25, -0.2) is 4.79 Å². The number of rotatable bonds is 2. The Morgan fingerprint density at radius 1 is 1.33 bits per heavy atom. The molecule has 0 aromatic rings. The average Bonchev–Trinajstić information content (AvgIpc) is 2.58. The van der Waals surface area contributed by atoms with Crippen molar-refractivity contribution >= 4 is 6.09 Å². The highest BCUT2D eigenvalue weighted by molar-refractivity contribution is 5.68. The van der Waals surface area contributed by atoms with E-state index in [9.17, 15) is 18.0 Å². The van der Waals surface area contributed by atoms with Crippen molar-refractivity contribution in [1.29, 1.82) is 0 Å². The number of nitrogens with zero attached hydrogens (tertiary/aromatic N) is 1. The lowest BCUT2D eigenvalue weighted by Crippen LogP contribution is -2.42. The van der Waals surface area contributed by atoms with Crippen molar-refractivity contribution in [3.8, 4) is 0 Å². The minimum Gasteiger partial charge on any atom is -0.444 e. The van der Waals surface area contributed by atoms with Crippen LogP contribution in [0.3, 0.4) is 0 Å². The van der Waals surface area contributed by atoms with E-state index in [0.717, 1.165) is 0 Å². The summed E-state index contributed by atoms with van der Waals surface area (Å²) in [5.41, 5.74) is -0.658. The second-order valence-electron chi connectivity index (χ2n) is 5.23. The van der Waals surface area contributed by atoms with Crippen LogP contribution in [0.5, 0.6) is 0 Å². The third-order valence-electron chi connectivity index (χ3n) is 2.44. The smallest absolute Gasteiger partial charge is 0.444 e. The lowest BCUT2D eigenvalue weighted by Gasteiger charge is -2.28. The van der Waals surface area contributed by atoms with Crippen molar-refractivity contribution in [2.45, 2.75) is 51.6 Å². The van der Waals surface area contributed by atoms with Gasteiger partial charge in [0.05, 0.1) is 12.6 Å². The van der Waals surface area contributed by atoms with E-state index in [-0.39, 0.29) is 0 Å². The van der Waals surface area contributed by atoms with E-state index in [4.69, 9.17) is 4.74 Å². The maximum Gasteiger partial charge on any atom is 0.522 e. The van der Waals surface area contributed by atoms with Gasteiger partial charge in [0.25, 0.3) is 0 Å². The highest BCUT2D eigenvalue weighted by atomic mass is 19.4. The van der Waals surface area contributed by atoms with E-state index < -0.39 is 30.7 Å². The summed E-state index contributed by atoms with van der Waals surface area (Å²) < 4.78 is 44.8. The maximum atomic E-state index is 12.0. The van der Waals surface area contributed by atoms with Crippen molar-refractivity contribution in [3.63, 3.8) is 0 Å². The molecule has 1 unspecified atom stereocenters. The van der Waals surface area contributed by atoms with Crippen molar-refractivity contribution in [1.82, 2.24) is 4.90 Å². The molecule has 0 aliphatic carbocycles. The van der Waals surface area contributed by atoms with Crippen LogP contribution in [0, 0.1) is 0 Å². The first-order valence-electron chi connectivity index (χ1n) is 5.79. The van der Waals surface area contributed by atoms with Gasteiger partial charge in [0.1, 0.15) is 5.60 Å². The summed E-state index contributed by atoms with van der Waals surface area (Å²) in [6.45, 7) is 5.00. The van der Waals surface area contributed by atoms with Crippen molar-refractivity contribution in [2.75, 3.05) is 13.2 Å². The van der Waals surface area contributed by atoms with Gasteiger partial charge in [-0.1, -0.05) is 0 Å². The first-order chi connectivity index (χ1) is 8.08. The summed E-state index contributed by atoms with van der Waals surface area (Å²) in [5, 5.41) is 0. The largest absolute Gasteiger partial charge is 0.522 e. The Morgan fingerprint density at radius 3 is 2.44 bits per heavy atom. The Labute approximate surface area is 104 Å².